The van der Waals surface area contributed by atoms with Gasteiger partial charge in [-0.1, -0.05) is 41.7 Å². The van der Waals surface area contributed by atoms with Gasteiger partial charge in [-0.05, 0) is 57.5 Å². The molecular weight excluding hydrogens is 536 g/mol. The molecule has 2 aromatic carbocycles. The summed E-state index contributed by atoms with van der Waals surface area (Å²) >= 11 is 1.30. The van der Waals surface area contributed by atoms with E-state index >= 15 is 0 Å². The van der Waals surface area contributed by atoms with Crippen LogP contribution in [0.1, 0.15) is 52.0 Å². The third kappa shape index (κ3) is 4.99. The maximum atomic E-state index is 14.2. The smallest absolute Gasteiger partial charge is 0.271 e. The van der Waals surface area contributed by atoms with Crippen LogP contribution in [-0.4, -0.2) is 48.7 Å². The van der Waals surface area contributed by atoms with Crippen molar-refractivity contribution in [1.29, 1.82) is 0 Å². The van der Waals surface area contributed by atoms with Crippen molar-refractivity contribution in [2.75, 3.05) is 38.2 Å². The quantitative estimate of drug-likeness (QED) is 0.290. The second-order valence-corrected chi connectivity index (χ2v) is 10.8. The average Bonchev–Trinajstić information content (AvgIpc) is 3.56. The van der Waals surface area contributed by atoms with E-state index in [1.54, 1.807) is 22.7 Å². The van der Waals surface area contributed by atoms with E-state index in [1.165, 1.54) is 11.3 Å². The molecule has 0 fully saturated rings. The van der Waals surface area contributed by atoms with Gasteiger partial charge in [-0.2, -0.15) is 0 Å². The zero-order valence-corrected chi connectivity index (χ0v) is 25.2. The molecule has 0 unspecified atom stereocenters. The summed E-state index contributed by atoms with van der Waals surface area (Å²) < 4.78 is 14.1. The molecule has 4 aromatic rings. The van der Waals surface area contributed by atoms with Gasteiger partial charge in [-0.25, -0.2) is 4.99 Å². The lowest BCUT2D eigenvalue weighted by molar-refractivity contribution is -0.127. The van der Waals surface area contributed by atoms with Gasteiger partial charge in [0.1, 0.15) is 17.6 Å². The minimum Gasteiger partial charge on any atom is -0.496 e. The van der Waals surface area contributed by atoms with Crippen molar-refractivity contribution in [3.05, 3.63) is 90.8 Å². The van der Waals surface area contributed by atoms with Crippen LogP contribution in [0.3, 0.4) is 0 Å². The summed E-state index contributed by atoms with van der Waals surface area (Å²) in [5.74, 6) is 1.82. The molecular formula is C32H36N4O4S. The minimum atomic E-state index is -0.717. The van der Waals surface area contributed by atoms with E-state index < -0.39 is 6.04 Å². The number of benzene rings is 2. The highest BCUT2D eigenvalue weighted by atomic mass is 32.1. The Morgan fingerprint density at radius 2 is 1.78 bits per heavy atom. The lowest BCUT2D eigenvalue weighted by Gasteiger charge is -2.30. The van der Waals surface area contributed by atoms with Crippen molar-refractivity contribution in [2.24, 2.45) is 4.99 Å². The average molecular weight is 573 g/mol. The Hall–Kier alpha value is -4.11. The topological polar surface area (TPSA) is 80.3 Å². The van der Waals surface area contributed by atoms with E-state index in [2.05, 4.69) is 18.7 Å². The summed E-state index contributed by atoms with van der Waals surface area (Å²) in [6.07, 6.45) is 1.76. The lowest BCUT2D eigenvalue weighted by Crippen LogP contribution is -2.43. The minimum absolute atomic E-state index is 0.139. The molecule has 0 saturated carbocycles. The number of ether oxygens (including phenoxy) is 1. The van der Waals surface area contributed by atoms with Gasteiger partial charge in [0.05, 0.1) is 22.9 Å². The van der Waals surface area contributed by atoms with Gasteiger partial charge in [0.25, 0.3) is 11.5 Å². The van der Waals surface area contributed by atoms with Gasteiger partial charge >= 0.3 is 0 Å². The van der Waals surface area contributed by atoms with Crippen molar-refractivity contribution < 1.29 is 13.9 Å². The Bertz CT molecular complexity index is 1800. The van der Waals surface area contributed by atoms with Gasteiger partial charge < -0.3 is 19.0 Å². The number of hydrogen-bond donors (Lipinski definition) is 0. The van der Waals surface area contributed by atoms with Crippen LogP contribution in [0.5, 0.6) is 5.75 Å². The number of rotatable bonds is 9. The summed E-state index contributed by atoms with van der Waals surface area (Å²) in [5, 5.41) is 1.91. The molecule has 0 bridgehead atoms. The molecule has 0 saturated heterocycles. The van der Waals surface area contributed by atoms with Crippen LogP contribution in [0.15, 0.2) is 74.0 Å². The predicted molar refractivity (Wildman–Crippen MR) is 164 cm³/mol. The first-order valence-electron chi connectivity index (χ1n) is 14.1. The molecule has 2 aromatic heterocycles. The molecule has 41 heavy (non-hydrogen) atoms. The fourth-order valence-electron chi connectivity index (χ4n) is 5.54. The van der Waals surface area contributed by atoms with Crippen molar-refractivity contribution in [3.8, 4) is 5.75 Å². The number of aromatic nitrogens is 1. The number of likely N-dealkylation sites (N-methyl/N-ethyl adjacent to an activating group) is 1. The van der Waals surface area contributed by atoms with E-state index in [9.17, 15) is 9.59 Å². The number of anilines is 1. The van der Waals surface area contributed by atoms with Gasteiger partial charge in [0, 0.05) is 43.9 Å². The monoisotopic (exact) mass is 572 g/mol. The largest absolute Gasteiger partial charge is 0.496 e. The molecule has 0 aliphatic carbocycles. The molecule has 1 amide bonds. The molecule has 3 heterocycles. The van der Waals surface area contributed by atoms with Crippen LogP contribution in [0.2, 0.25) is 0 Å². The van der Waals surface area contributed by atoms with E-state index in [0.29, 0.717) is 45.2 Å². The number of furan rings is 1. The van der Waals surface area contributed by atoms with E-state index in [4.69, 9.17) is 14.1 Å². The Balaban J connectivity index is 1.79. The first-order valence-corrected chi connectivity index (χ1v) is 14.9. The number of carbonyl (C=O) groups excluding carboxylic acids is 1. The SMILES string of the molecule is CCN(CC)C(=O)C1=C(C)N=c2s/c(=C/c3ccc(N(CC)CC)o3)c(=O)n2[C@H]1c1c(OC)ccc2ccccc12. The third-order valence-electron chi connectivity index (χ3n) is 7.69. The molecule has 9 heteroatoms. The van der Waals surface area contributed by atoms with Crippen LogP contribution in [0.25, 0.3) is 16.8 Å². The predicted octanol–water partition coefficient (Wildman–Crippen LogP) is 4.70. The zero-order chi connectivity index (χ0) is 29.3. The highest BCUT2D eigenvalue weighted by molar-refractivity contribution is 7.07. The Morgan fingerprint density at radius 1 is 1.05 bits per heavy atom. The van der Waals surface area contributed by atoms with Crippen LogP contribution in [0.4, 0.5) is 5.88 Å². The van der Waals surface area contributed by atoms with E-state index in [1.807, 2.05) is 69.3 Å². The normalized spacial score (nSPS) is 15.2. The molecule has 0 radical (unpaired) electrons. The maximum Gasteiger partial charge on any atom is 0.271 e. The van der Waals surface area contributed by atoms with Crippen LogP contribution >= 0.6 is 11.3 Å². The first-order chi connectivity index (χ1) is 19.9. The van der Waals surface area contributed by atoms with Crippen LogP contribution in [0, 0.1) is 0 Å². The molecule has 5 rings (SSSR count). The van der Waals surface area contributed by atoms with Gasteiger partial charge in [-0.3, -0.25) is 14.2 Å². The molecule has 1 aliphatic heterocycles. The summed E-state index contributed by atoms with van der Waals surface area (Å²) in [7, 11) is 1.62. The third-order valence-corrected chi connectivity index (χ3v) is 8.67. The number of hydrogen-bond acceptors (Lipinski definition) is 7. The fraction of sp³-hybridized carbons (Fsp3) is 0.344. The summed E-state index contributed by atoms with van der Waals surface area (Å²) in [4.78, 5) is 37.5. The Kier molecular flexibility index (Phi) is 8.17. The Labute approximate surface area is 243 Å². The van der Waals surface area contributed by atoms with Crippen molar-refractivity contribution in [2.45, 2.75) is 40.7 Å². The molecule has 1 atom stereocenters. The van der Waals surface area contributed by atoms with Crippen molar-refractivity contribution in [3.63, 3.8) is 0 Å². The lowest BCUT2D eigenvalue weighted by atomic mass is 9.90. The van der Waals surface area contributed by atoms with Gasteiger partial charge in [0.15, 0.2) is 10.7 Å². The Morgan fingerprint density at radius 3 is 2.46 bits per heavy atom. The highest BCUT2D eigenvalue weighted by Crippen LogP contribution is 2.40. The second kappa shape index (κ2) is 11.8. The summed E-state index contributed by atoms with van der Waals surface area (Å²) in [6, 6.07) is 14.9. The zero-order valence-electron chi connectivity index (χ0n) is 24.4. The second-order valence-electron chi connectivity index (χ2n) is 9.81. The number of thiazole rings is 1. The fourth-order valence-corrected chi connectivity index (χ4v) is 6.57. The molecule has 8 nitrogen and oxygen atoms in total. The highest BCUT2D eigenvalue weighted by Gasteiger charge is 2.36. The van der Waals surface area contributed by atoms with Crippen molar-refractivity contribution in [1.82, 2.24) is 9.47 Å². The van der Waals surface area contributed by atoms with E-state index in [0.717, 1.165) is 35.3 Å². The molecule has 1 aliphatic rings. The first kappa shape index (κ1) is 28.4. The number of methoxy groups -OCH3 is 1. The number of allylic oxidation sites excluding steroid dienone is 1. The number of amides is 1. The molecule has 0 N–H and O–H groups in total. The summed E-state index contributed by atoms with van der Waals surface area (Å²) in [6.45, 7) is 12.6. The maximum absolute atomic E-state index is 14.2. The van der Waals surface area contributed by atoms with Crippen molar-refractivity contribution >= 4 is 40.0 Å². The van der Waals surface area contributed by atoms with E-state index in [-0.39, 0.29) is 11.5 Å². The van der Waals surface area contributed by atoms with Gasteiger partial charge in [0.2, 0.25) is 0 Å². The number of nitrogens with zero attached hydrogens (tertiary/aromatic N) is 4. The molecule has 0 spiro atoms. The van der Waals surface area contributed by atoms with Gasteiger partial charge in [-0.15, -0.1) is 0 Å². The molecule has 214 valence electrons. The van der Waals surface area contributed by atoms with Crippen LogP contribution in [-0.2, 0) is 4.79 Å². The standard InChI is InChI=1S/C32H36N4O4S/c1-7-34(8-2)26-18-16-22(40-26)19-25-30(37)36-29(28-23-14-12-11-13-21(23)15-17-24(28)39-6)27(20(5)33-32(36)41-25)31(38)35(9-3)10-4/h11-19,29H,7-10H2,1-6H3/b25-19+/t29-/m1/s1. The number of fused-ring (bicyclic) bond motifs is 2. The van der Waals surface area contributed by atoms with Crippen LogP contribution < -0.4 is 24.5 Å². The summed E-state index contributed by atoms with van der Waals surface area (Å²) in [5.41, 5.74) is 1.61. The number of carbonyl (C=O) groups is 1.